The van der Waals surface area contributed by atoms with Gasteiger partial charge in [0.2, 0.25) is 0 Å². The summed E-state index contributed by atoms with van der Waals surface area (Å²) in [7, 11) is 1.42. The monoisotopic (exact) mass is 228 g/mol. The maximum Gasteiger partial charge on any atom is 0.341 e. The van der Waals surface area contributed by atoms with E-state index >= 15 is 0 Å². The highest BCUT2D eigenvalue weighted by Gasteiger charge is 2.74. The molecule has 2 atom stereocenters. The van der Waals surface area contributed by atoms with Gasteiger partial charge in [0.15, 0.2) is 5.60 Å². The molecule has 0 bridgehead atoms. The van der Waals surface area contributed by atoms with E-state index in [1.54, 1.807) is 0 Å². The van der Waals surface area contributed by atoms with Crippen LogP contribution < -0.4 is 0 Å². The van der Waals surface area contributed by atoms with Gasteiger partial charge in [0.05, 0.1) is 7.11 Å². The first kappa shape index (κ1) is 13.5. The Bertz CT molecular complexity index is 290. The lowest BCUT2D eigenvalue weighted by Crippen LogP contribution is -2.40. The molecule has 0 amide bonds. The third kappa shape index (κ3) is 1.97. The zero-order valence-corrected chi connectivity index (χ0v) is 11.5. The molecule has 0 N–H and O–H groups in total. The van der Waals surface area contributed by atoms with Crippen molar-refractivity contribution in [1.82, 2.24) is 0 Å². The van der Waals surface area contributed by atoms with E-state index in [0.29, 0.717) is 0 Å². The molecule has 1 fully saturated rings. The lowest BCUT2D eigenvalue weighted by atomic mass is 9.75. The molecule has 2 unspecified atom stereocenters. The van der Waals surface area contributed by atoms with E-state index in [9.17, 15) is 4.79 Å². The second kappa shape index (κ2) is 3.73. The number of carbonyl (C=O) groups is 1. The van der Waals surface area contributed by atoms with E-state index in [-0.39, 0.29) is 22.9 Å². The van der Waals surface area contributed by atoms with Crippen molar-refractivity contribution in [2.24, 2.45) is 11.3 Å². The summed E-state index contributed by atoms with van der Waals surface area (Å²) in [6.45, 7) is 12.5. The summed E-state index contributed by atoms with van der Waals surface area (Å²) in [4.78, 5) is 11.9. The minimum Gasteiger partial charge on any atom is -0.467 e. The summed E-state index contributed by atoms with van der Waals surface area (Å²) < 4.78 is 10.7. The van der Waals surface area contributed by atoms with Gasteiger partial charge < -0.3 is 9.47 Å². The fourth-order valence-electron chi connectivity index (χ4n) is 2.88. The Balaban J connectivity index is 2.92. The molecule has 16 heavy (non-hydrogen) atoms. The van der Waals surface area contributed by atoms with Crippen LogP contribution in [-0.4, -0.2) is 24.3 Å². The Morgan fingerprint density at radius 3 is 2.19 bits per heavy atom. The zero-order valence-electron chi connectivity index (χ0n) is 11.5. The van der Waals surface area contributed by atoms with Crippen LogP contribution >= 0.6 is 0 Å². The number of hydrogen-bond acceptors (Lipinski definition) is 3. The van der Waals surface area contributed by atoms with Crippen LogP contribution in [0.4, 0.5) is 0 Å². The molecule has 0 radical (unpaired) electrons. The average Bonchev–Trinajstić information content (AvgIpc) is 2.68. The van der Waals surface area contributed by atoms with Gasteiger partial charge in [-0.05, 0) is 24.7 Å². The van der Waals surface area contributed by atoms with Crippen LogP contribution in [0.1, 0.15) is 48.0 Å². The number of methoxy groups -OCH3 is 1. The molecular formula is C13H24O3. The smallest absolute Gasteiger partial charge is 0.341 e. The molecule has 1 aliphatic rings. The van der Waals surface area contributed by atoms with E-state index in [0.717, 1.165) is 6.42 Å². The van der Waals surface area contributed by atoms with Crippen LogP contribution in [0.3, 0.4) is 0 Å². The van der Waals surface area contributed by atoms with Gasteiger partial charge in [-0.2, -0.15) is 0 Å². The fraction of sp³-hybridized carbons (Fsp3) is 0.923. The molecule has 3 nitrogen and oxygen atoms in total. The summed E-state index contributed by atoms with van der Waals surface area (Å²) in [5.74, 6) is -0.110. The fourth-order valence-corrected chi connectivity index (χ4v) is 2.88. The number of epoxide rings is 1. The molecule has 0 aromatic heterocycles. The lowest BCUT2D eigenvalue weighted by molar-refractivity contribution is -0.148. The van der Waals surface area contributed by atoms with Crippen molar-refractivity contribution < 1.29 is 14.3 Å². The van der Waals surface area contributed by atoms with Crippen molar-refractivity contribution in [1.29, 1.82) is 0 Å². The highest BCUT2D eigenvalue weighted by molar-refractivity contribution is 5.85. The highest BCUT2D eigenvalue weighted by Crippen LogP contribution is 2.58. The molecule has 3 heteroatoms. The summed E-state index contributed by atoms with van der Waals surface area (Å²) >= 11 is 0. The third-order valence-corrected chi connectivity index (χ3v) is 3.30. The molecule has 0 aliphatic carbocycles. The predicted molar refractivity (Wildman–Crippen MR) is 63.1 cm³/mol. The molecule has 1 heterocycles. The Morgan fingerprint density at radius 1 is 1.38 bits per heavy atom. The summed E-state index contributed by atoms with van der Waals surface area (Å²) in [6, 6.07) is 0. The third-order valence-electron chi connectivity index (χ3n) is 3.30. The minimum atomic E-state index is -0.741. The summed E-state index contributed by atoms with van der Waals surface area (Å²) in [5, 5.41) is 0. The van der Waals surface area contributed by atoms with Crippen molar-refractivity contribution in [3.8, 4) is 0 Å². The van der Waals surface area contributed by atoms with E-state index in [1.165, 1.54) is 7.11 Å². The molecule has 0 saturated carbocycles. The average molecular weight is 228 g/mol. The van der Waals surface area contributed by atoms with E-state index in [1.807, 2.05) is 20.8 Å². The van der Waals surface area contributed by atoms with Gasteiger partial charge in [-0.25, -0.2) is 4.79 Å². The van der Waals surface area contributed by atoms with Gasteiger partial charge >= 0.3 is 5.97 Å². The molecule has 94 valence electrons. The first-order valence-corrected chi connectivity index (χ1v) is 5.88. The van der Waals surface area contributed by atoms with Crippen LogP contribution in [0, 0.1) is 11.3 Å². The Kier molecular flexibility index (Phi) is 3.14. The van der Waals surface area contributed by atoms with Crippen LogP contribution in [0.2, 0.25) is 0 Å². The molecule has 0 aromatic carbocycles. The van der Waals surface area contributed by atoms with E-state index in [2.05, 4.69) is 20.8 Å². The van der Waals surface area contributed by atoms with Crippen LogP contribution in [-0.2, 0) is 14.3 Å². The number of carbonyl (C=O) groups excluding carboxylic acids is 1. The van der Waals surface area contributed by atoms with Crippen molar-refractivity contribution in [2.75, 3.05) is 7.11 Å². The SMILES string of the molecule is COC(=O)C1(C(C)C)OC1(C)CC(C)(C)C. The van der Waals surface area contributed by atoms with Gasteiger partial charge in [-0.3, -0.25) is 0 Å². The van der Waals surface area contributed by atoms with Gasteiger partial charge in [-0.1, -0.05) is 34.6 Å². The van der Waals surface area contributed by atoms with Crippen LogP contribution in [0.15, 0.2) is 0 Å². The quantitative estimate of drug-likeness (QED) is 0.550. The standard InChI is InChI=1S/C13H24O3/c1-9(2)13(10(14)15-7)12(6,16-13)8-11(3,4)5/h9H,8H2,1-7H3. The molecule has 1 saturated heterocycles. The first-order valence-electron chi connectivity index (χ1n) is 5.88. The number of hydrogen-bond donors (Lipinski definition) is 0. The molecule has 0 spiro atoms. The predicted octanol–water partition coefficient (Wildman–Crippen LogP) is 2.78. The molecule has 1 aliphatic heterocycles. The van der Waals surface area contributed by atoms with Crippen LogP contribution in [0.25, 0.3) is 0 Å². The van der Waals surface area contributed by atoms with Gasteiger partial charge in [-0.15, -0.1) is 0 Å². The van der Waals surface area contributed by atoms with Crippen molar-refractivity contribution in [3.63, 3.8) is 0 Å². The second-order valence-corrected chi connectivity index (χ2v) is 6.45. The normalized spacial score (nSPS) is 34.0. The molecule has 0 aromatic rings. The van der Waals surface area contributed by atoms with Crippen molar-refractivity contribution >= 4 is 5.97 Å². The minimum absolute atomic E-state index is 0.132. The Morgan fingerprint density at radius 2 is 1.88 bits per heavy atom. The van der Waals surface area contributed by atoms with Gasteiger partial charge in [0.25, 0.3) is 0 Å². The molecule has 1 rings (SSSR count). The Hall–Kier alpha value is -0.570. The first-order chi connectivity index (χ1) is 7.09. The van der Waals surface area contributed by atoms with Gasteiger partial charge in [0, 0.05) is 0 Å². The van der Waals surface area contributed by atoms with E-state index in [4.69, 9.17) is 9.47 Å². The van der Waals surface area contributed by atoms with Gasteiger partial charge in [0.1, 0.15) is 5.60 Å². The van der Waals surface area contributed by atoms with Crippen molar-refractivity contribution in [3.05, 3.63) is 0 Å². The zero-order chi connectivity index (χ0) is 12.8. The second-order valence-electron chi connectivity index (χ2n) is 6.45. The number of ether oxygens (including phenoxy) is 2. The number of rotatable bonds is 3. The Labute approximate surface area is 98.5 Å². The summed E-state index contributed by atoms with van der Waals surface area (Å²) in [5.41, 5.74) is -0.985. The molecular weight excluding hydrogens is 204 g/mol. The van der Waals surface area contributed by atoms with E-state index < -0.39 is 5.60 Å². The maximum absolute atomic E-state index is 11.9. The number of esters is 1. The van der Waals surface area contributed by atoms with Crippen molar-refractivity contribution in [2.45, 2.75) is 59.2 Å². The lowest BCUT2D eigenvalue weighted by Gasteiger charge is -2.25. The highest BCUT2D eigenvalue weighted by atomic mass is 16.7. The maximum atomic E-state index is 11.9. The topological polar surface area (TPSA) is 38.8 Å². The largest absolute Gasteiger partial charge is 0.467 e. The summed E-state index contributed by atoms with van der Waals surface area (Å²) in [6.07, 6.45) is 0.854. The van der Waals surface area contributed by atoms with Crippen LogP contribution in [0.5, 0.6) is 0 Å².